The summed E-state index contributed by atoms with van der Waals surface area (Å²) >= 11 is 4.89. The predicted molar refractivity (Wildman–Crippen MR) is 64.2 cm³/mol. The van der Waals surface area contributed by atoms with Crippen molar-refractivity contribution in [1.29, 1.82) is 0 Å². The number of amides is 1. The lowest BCUT2D eigenvalue weighted by Gasteiger charge is -2.10. The van der Waals surface area contributed by atoms with Crippen LogP contribution in [-0.4, -0.2) is 11.0 Å². The van der Waals surface area contributed by atoms with Gasteiger partial charge >= 0.3 is 0 Å². The normalized spacial score (nSPS) is 9.38. The van der Waals surface area contributed by atoms with Gasteiger partial charge in [0, 0.05) is 12.1 Å². The van der Waals surface area contributed by atoms with Crippen molar-refractivity contribution in [2.45, 2.75) is 13.3 Å². The third kappa shape index (κ3) is 4.22. The van der Waals surface area contributed by atoms with E-state index in [9.17, 15) is 9.18 Å². The van der Waals surface area contributed by atoms with Crippen LogP contribution in [0.4, 0.5) is 10.1 Å². The summed E-state index contributed by atoms with van der Waals surface area (Å²) in [5.74, 6) is -0.534. The number of nitrogens with one attached hydrogen (secondary N) is 3. The molecule has 0 aliphatic rings. The number of hydrogen-bond acceptors (Lipinski definition) is 2. The van der Waals surface area contributed by atoms with E-state index in [2.05, 4.69) is 16.2 Å². The van der Waals surface area contributed by atoms with E-state index < -0.39 is 0 Å². The number of thiocarbonyl (C=S) groups is 1. The smallest absolute Gasteiger partial charge is 0.238 e. The number of carbonyl (C=O) groups excluding carboxylic acids is 1. The second-order valence-electron chi connectivity index (χ2n) is 2.99. The molecule has 0 radical (unpaired) electrons. The fourth-order valence-electron chi connectivity index (χ4n) is 0.943. The van der Waals surface area contributed by atoms with Crippen molar-refractivity contribution in [3.8, 4) is 0 Å². The number of rotatable bonds is 2. The molecule has 6 heteroatoms. The van der Waals surface area contributed by atoms with E-state index in [1.54, 1.807) is 19.1 Å². The van der Waals surface area contributed by atoms with Crippen molar-refractivity contribution in [3.63, 3.8) is 0 Å². The molecule has 0 aliphatic carbocycles. The zero-order valence-corrected chi connectivity index (χ0v) is 9.53. The van der Waals surface area contributed by atoms with E-state index in [-0.39, 0.29) is 16.8 Å². The summed E-state index contributed by atoms with van der Waals surface area (Å²) in [6.45, 7) is 1.72. The fraction of sp³-hybridized carbons (Fsp3) is 0.200. The van der Waals surface area contributed by atoms with Crippen LogP contribution in [0.2, 0.25) is 0 Å². The van der Waals surface area contributed by atoms with E-state index in [1.165, 1.54) is 12.1 Å². The molecule has 1 rings (SSSR count). The third-order valence-corrected chi connectivity index (χ3v) is 1.92. The minimum atomic E-state index is -0.356. The van der Waals surface area contributed by atoms with Crippen LogP contribution in [0, 0.1) is 5.82 Å². The molecule has 0 atom stereocenters. The Bertz CT molecular complexity index is 397. The molecule has 0 saturated heterocycles. The standard InChI is InChI=1S/C10H12FN3OS/c1-2-9(15)13-14-10(16)12-8-5-3-4-7(11)6-8/h3-6H,2H2,1H3,(H,13,15)(H2,12,14,16). The zero-order valence-electron chi connectivity index (χ0n) is 8.71. The van der Waals surface area contributed by atoms with Gasteiger partial charge in [-0.2, -0.15) is 0 Å². The van der Waals surface area contributed by atoms with Crippen LogP contribution in [0.25, 0.3) is 0 Å². The summed E-state index contributed by atoms with van der Waals surface area (Å²) in [5, 5.41) is 2.93. The Kier molecular flexibility index (Phi) is 4.65. The van der Waals surface area contributed by atoms with Crippen molar-refractivity contribution in [2.75, 3.05) is 5.32 Å². The Morgan fingerprint density at radius 3 is 2.81 bits per heavy atom. The second-order valence-corrected chi connectivity index (χ2v) is 3.40. The maximum atomic E-state index is 12.8. The van der Waals surface area contributed by atoms with E-state index >= 15 is 0 Å². The van der Waals surface area contributed by atoms with Crippen molar-refractivity contribution in [2.24, 2.45) is 0 Å². The average molecular weight is 241 g/mol. The summed E-state index contributed by atoms with van der Waals surface area (Å²) in [6, 6.07) is 5.86. The fourth-order valence-corrected chi connectivity index (χ4v) is 1.11. The number of hydrazine groups is 1. The topological polar surface area (TPSA) is 53.2 Å². The first kappa shape index (κ1) is 12.4. The van der Waals surface area contributed by atoms with Gasteiger partial charge in [-0.15, -0.1) is 0 Å². The SMILES string of the molecule is CCC(=O)NNC(=S)Nc1cccc(F)c1. The summed E-state index contributed by atoms with van der Waals surface area (Å²) in [6.07, 6.45) is 0.357. The molecular weight excluding hydrogens is 229 g/mol. The highest BCUT2D eigenvalue weighted by atomic mass is 32.1. The number of anilines is 1. The van der Waals surface area contributed by atoms with Crippen LogP contribution < -0.4 is 16.2 Å². The van der Waals surface area contributed by atoms with E-state index in [4.69, 9.17) is 12.2 Å². The summed E-state index contributed by atoms with van der Waals surface area (Å²) in [4.78, 5) is 10.9. The number of halogens is 1. The second kappa shape index (κ2) is 6.02. The van der Waals surface area contributed by atoms with Crippen molar-refractivity contribution < 1.29 is 9.18 Å². The van der Waals surface area contributed by atoms with Gasteiger partial charge in [0.1, 0.15) is 5.82 Å². The molecule has 0 bridgehead atoms. The first-order valence-electron chi connectivity index (χ1n) is 4.73. The van der Waals surface area contributed by atoms with Gasteiger partial charge in [0.15, 0.2) is 5.11 Å². The summed E-state index contributed by atoms with van der Waals surface area (Å²) in [5.41, 5.74) is 5.40. The van der Waals surface area contributed by atoms with Crippen molar-refractivity contribution in [3.05, 3.63) is 30.1 Å². The van der Waals surface area contributed by atoms with Crippen molar-refractivity contribution in [1.82, 2.24) is 10.9 Å². The molecule has 1 aromatic carbocycles. The van der Waals surface area contributed by atoms with Gasteiger partial charge < -0.3 is 5.32 Å². The van der Waals surface area contributed by atoms with Gasteiger partial charge in [-0.25, -0.2) is 4.39 Å². The monoisotopic (exact) mass is 241 g/mol. The maximum Gasteiger partial charge on any atom is 0.238 e. The van der Waals surface area contributed by atoms with Crippen molar-refractivity contribution >= 4 is 28.9 Å². The van der Waals surface area contributed by atoms with E-state index in [1.807, 2.05) is 0 Å². The number of hydrogen-bond donors (Lipinski definition) is 3. The van der Waals surface area contributed by atoms with Crippen LogP contribution in [-0.2, 0) is 4.79 Å². The largest absolute Gasteiger partial charge is 0.331 e. The molecule has 86 valence electrons. The number of benzene rings is 1. The summed E-state index contributed by atoms with van der Waals surface area (Å²) < 4.78 is 12.8. The highest BCUT2D eigenvalue weighted by Crippen LogP contribution is 2.08. The highest BCUT2D eigenvalue weighted by Gasteiger charge is 2.00. The zero-order chi connectivity index (χ0) is 12.0. The molecule has 0 heterocycles. The molecule has 0 saturated carbocycles. The van der Waals surface area contributed by atoms with Gasteiger partial charge in [0.05, 0.1) is 0 Å². The van der Waals surface area contributed by atoms with Gasteiger partial charge in [0.2, 0.25) is 5.91 Å². The van der Waals surface area contributed by atoms with Gasteiger partial charge in [0.25, 0.3) is 0 Å². The first-order valence-corrected chi connectivity index (χ1v) is 5.14. The Hall–Kier alpha value is -1.69. The number of carbonyl (C=O) groups is 1. The van der Waals surface area contributed by atoms with E-state index in [0.717, 1.165) is 0 Å². The van der Waals surface area contributed by atoms with Crippen LogP contribution >= 0.6 is 12.2 Å². The minimum Gasteiger partial charge on any atom is -0.331 e. The lowest BCUT2D eigenvalue weighted by Crippen LogP contribution is -2.43. The Morgan fingerprint density at radius 1 is 1.44 bits per heavy atom. The molecule has 16 heavy (non-hydrogen) atoms. The first-order chi connectivity index (χ1) is 7.61. The molecule has 0 fully saturated rings. The molecular formula is C10H12FN3OS. The molecule has 3 N–H and O–H groups in total. The highest BCUT2D eigenvalue weighted by molar-refractivity contribution is 7.80. The van der Waals surface area contributed by atoms with Gasteiger partial charge in [-0.3, -0.25) is 15.6 Å². The molecule has 4 nitrogen and oxygen atoms in total. The van der Waals surface area contributed by atoms with E-state index in [0.29, 0.717) is 12.1 Å². The molecule has 0 aromatic heterocycles. The Labute approximate surface area is 98.2 Å². The maximum absolute atomic E-state index is 12.8. The molecule has 1 amide bonds. The van der Waals surface area contributed by atoms with Crippen LogP contribution in [0.15, 0.2) is 24.3 Å². The average Bonchev–Trinajstić information content (AvgIpc) is 2.26. The van der Waals surface area contributed by atoms with Gasteiger partial charge in [-0.05, 0) is 30.4 Å². The Morgan fingerprint density at radius 2 is 2.19 bits per heavy atom. The quantitative estimate of drug-likeness (QED) is 0.543. The molecule has 0 unspecified atom stereocenters. The third-order valence-electron chi connectivity index (χ3n) is 1.72. The minimum absolute atomic E-state index is 0.177. The predicted octanol–water partition coefficient (Wildman–Crippen LogP) is 1.55. The van der Waals surface area contributed by atoms with Gasteiger partial charge in [-0.1, -0.05) is 13.0 Å². The molecule has 1 aromatic rings. The van der Waals surface area contributed by atoms with Crippen LogP contribution in [0.1, 0.15) is 13.3 Å². The molecule has 0 spiro atoms. The Balaban J connectivity index is 2.43. The van der Waals surface area contributed by atoms with Crippen LogP contribution in [0.5, 0.6) is 0 Å². The lowest BCUT2D eigenvalue weighted by molar-refractivity contribution is -0.121. The lowest BCUT2D eigenvalue weighted by atomic mass is 10.3. The van der Waals surface area contributed by atoms with Crippen LogP contribution in [0.3, 0.4) is 0 Å². The summed E-state index contributed by atoms with van der Waals surface area (Å²) in [7, 11) is 0. The molecule has 0 aliphatic heterocycles.